The molecule has 0 spiro atoms. The lowest BCUT2D eigenvalue weighted by Gasteiger charge is -2.32. The fourth-order valence-corrected chi connectivity index (χ4v) is 4.00. The molecular formula is C22H32N4O3. The number of urea groups is 1. The van der Waals surface area contributed by atoms with E-state index in [1.807, 2.05) is 35.2 Å². The van der Waals surface area contributed by atoms with Crippen molar-refractivity contribution in [3.63, 3.8) is 0 Å². The van der Waals surface area contributed by atoms with Crippen molar-refractivity contribution in [2.75, 3.05) is 38.0 Å². The highest BCUT2D eigenvalue weighted by Crippen LogP contribution is 2.18. The first kappa shape index (κ1) is 21.1. The minimum atomic E-state index is -0.176. The van der Waals surface area contributed by atoms with Crippen molar-refractivity contribution in [3.05, 3.63) is 30.3 Å². The number of carbonyl (C=O) groups is 3. The Hall–Kier alpha value is -2.57. The van der Waals surface area contributed by atoms with Gasteiger partial charge in [-0.15, -0.1) is 0 Å². The lowest BCUT2D eigenvalue weighted by atomic mass is 9.97. The summed E-state index contributed by atoms with van der Waals surface area (Å²) in [6.45, 7) is 3.21. The van der Waals surface area contributed by atoms with Crippen molar-refractivity contribution in [1.82, 2.24) is 15.1 Å². The zero-order valence-electron chi connectivity index (χ0n) is 17.1. The van der Waals surface area contributed by atoms with Crippen LogP contribution in [0.1, 0.15) is 44.9 Å². The molecule has 2 N–H and O–H groups in total. The average molecular weight is 401 g/mol. The summed E-state index contributed by atoms with van der Waals surface area (Å²) in [4.78, 5) is 40.7. The van der Waals surface area contributed by atoms with E-state index in [1.165, 1.54) is 0 Å². The number of anilines is 1. The quantitative estimate of drug-likeness (QED) is 0.721. The van der Waals surface area contributed by atoms with Crippen LogP contribution in [-0.4, -0.2) is 60.4 Å². The summed E-state index contributed by atoms with van der Waals surface area (Å²) < 4.78 is 0. The minimum Gasteiger partial charge on any atom is -0.356 e. The Labute approximate surface area is 172 Å². The highest BCUT2D eigenvalue weighted by molar-refractivity contribution is 5.90. The number of rotatable bonds is 6. The first-order chi connectivity index (χ1) is 14.1. The first-order valence-electron chi connectivity index (χ1n) is 10.8. The molecule has 3 rings (SSSR count). The Kier molecular flexibility index (Phi) is 7.90. The molecule has 29 heavy (non-hydrogen) atoms. The molecule has 2 saturated heterocycles. The first-order valence-corrected chi connectivity index (χ1v) is 10.8. The molecule has 0 aromatic heterocycles. The lowest BCUT2D eigenvalue weighted by molar-refractivity contribution is -0.130. The van der Waals surface area contributed by atoms with Gasteiger partial charge in [0.05, 0.1) is 5.92 Å². The van der Waals surface area contributed by atoms with Crippen LogP contribution in [0.4, 0.5) is 10.5 Å². The van der Waals surface area contributed by atoms with Crippen molar-refractivity contribution >= 4 is 23.5 Å². The highest BCUT2D eigenvalue weighted by atomic mass is 16.2. The monoisotopic (exact) mass is 400 g/mol. The molecule has 1 unspecified atom stereocenters. The molecule has 7 heteroatoms. The van der Waals surface area contributed by atoms with Gasteiger partial charge >= 0.3 is 6.03 Å². The van der Waals surface area contributed by atoms with Crippen LogP contribution in [0.25, 0.3) is 0 Å². The van der Waals surface area contributed by atoms with E-state index in [2.05, 4.69) is 10.6 Å². The molecule has 2 aliphatic rings. The summed E-state index contributed by atoms with van der Waals surface area (Å²) in [6.07, 6.45) is 6.21. The summed E-state index contributed by atoms with van der Waals surface area (Å²) in [5.41, 5.74) is 0.757. The molecule has 4 amide bonds. The fourth-order valence-electron chi connectivity index (χ4n) is 4.00. The SMILES string of the molecule is O=C(NCCCN1CCCCCC1=O)C1CCCN(C(=O)Nc2ccccc2)C1. The van der Waals surface area contributed by atoms with Crippen LogP contribution in [0.2, 0.25) is 0 Å². The summed E-state index contributed by atoms with van der Waals surface area (Å²) in [6, 6.07) is 9.19. The Bertz CT molecular complexity index is 695. The van der Waals surface area contributed by atoms with Crippen LogP contribution in [-0.2, 0) is 9.59 Å². The molecule has 7 nitrogen and oxygen atoms in total. The highest BCUT2D eigenvalue weighted by Gasteiger charge is 2.28. The molecule has 2 aliphatic heterocycles. The zero-order chi connectivity index (χ0) is 20.5. The van der Waals surface area contributed by atoms with E-state index in [0.717, 1.165) is 50.8 Å². The smallest absolute Gasteiger partial charge is 0.321 e. The number of nitrogens with one attached hydrogen (secondary N) is 2. The van der Waals surface area contributed by atoms with Crippen molar-refractivity contribution in [3.8, 4) is 0 Å². The number of benzene rings is 1. The number of para-hydroxylation sites is 1. The third kappa shape index (κ3) is 6.48. The molecule has 1 aromatic rings. The molecule has 2 fully saturated rings. The number of piperidine rings is 1. The topological polar surface area (TPSA) is 81.8 Å². The van der Waals surface area contributed by atoms with Crippen LogP contribution in [0.15, 0.2) is 30.3 Å². The number of likely N-dealkylation sites (tertiary alicyclic amines) is 2. The number of hydrogen-bond acceptors (Lipinski definition) is 3. The molecule has 158 valence electrons. The van der Waals surface area contributed by atoms with Gasteiger partial charge in [-0.1, -0.05) is 24.6 Å². The predicted molar refractivity (Wildman–Crippen MR) is 112 cm³/mol. The second-order valence-corrected chi connectivity index (χ2v) is 7.92. The normalized spacial score (nSPS) is 20.1. The molecule has 0 aliphatic carbocycles. The largest absolute Gasteiger partial charge is 0.356 e. The van der Waals surface area contributed by atoms with Gasteiger partial charge in [0.25, 0.3) is 0 Å². The number of amides is 4. The van der Waals surface area contributed by atoms with Gasteiger partial charge in [-0.3, -0.25) is 9.59 Å². The van der Waals surface area contributed by atoms with Crippen LogP contribution in [0.3, 0.4) is 0 Å². The number of nitrogens with zero attached hydrogens (tertiary/aromatic N) is 2. The fraction of sp³-hybridized carbons (Fsp3) is 0.591. The average Bonchev–Trinajstić information content (AvgIpc) is 2.96. The van der Waals surface area contributed by atoms with Crippen LogP contribution < -0.4 is 10.6 Å². The Balaban J connectivity index is 1.39. The van der Waals surface area contributed by atoms with Gasteiger partial charge in [0, 0.05) is 44.8 Å². The van der Waals surface area contributed by atoms with Crippen LogP contribution in [0, 0.1) is 5.92 Å². The minimum absolute atomic E-state index is 0.00408. The van der Waals surface area contributed by atoms with Gasteiger partial charge in [-0.2, -0.15) is 0 Å². The van der Waals surface area contributed by atoms with Gasteiger partial charge in [-0.25, -0.2) is 4.79 Å². The van der Waals surface area contributed by atoms with Crippen molar-refractivity contribution in [2.45, 2.75) is 44.9 Å². The van der Waals surface area contributed by atoms with E-state index in [1.54, 1.807) is 4.90 Å². The Morgan fingerprint density at radius 3 is 2.69 bits per heavy atom. The number of hydrogen-bond donors (Lipinski definition) is 2. The lowest BCUT2D eigenvalue weighted by Crippen LogP contribution is -2.47. The second-order valence-electron chi connectivity index (χ2n) is 7.92. The third-order valence-corrected chi connectivity index (χ3v) is 5.68. The third-order valence-electron chi connectivity index (χ3n) is 5.68. The molecule has 0 bridgehead atoms. The second kappa shape index (κ2) is 10.8. The predicted octanol–water partition coefficient (Wildman–Crippen LogP) is 2.84. The maximum atomic E-state index is 12.5. The molecule has 2 heterocycles. The van der Waals surface area contributed by atoms with Gasteiger partial charge in [0.2, 0.25) is 11.8 Å². The van der Waals surface area contributed by atoms with E-state index in [-0.39, 0.29) is 23.8 Å². The molecule has 0 saturated carbocycles. The Morgan fingerprint density at radius 2 is 1.86 bits per heavy atom. The molecule has 1 aromatic carbocycles. The van der Waals surface area contributed by atoms with Gasteiger partial charge in [-0.05, 0) is 44.2 Å². The van der Waals surface area contributed by atoms with E-state index in [0.29, 0.717) is 32.6 Å². The van der Waals surface area contributed by atoms with E-state index in [9.17, 15) is 14.4 Å². The van der Waals surface area contributed by atoms with E-state index < -0.39 is 0 Å². The maximum absolute atomic E-state index is 12.5. The molecule has 1 atom stereocenters. The van der Waals surface area contributed by atoms with E-state index in [4.69, 9.17) is 0 Å². The number of carbonyl (C=O) groups excluding carboxylic acids is 3. The molecular weight excluding hydrogens is 368 g/mol. The maximum Gasteiger partial charge on any atom is 0.321 e. The van der Waals surface area contributed by atoms with Crippen LogP contribution >= 0.6 is 0 Å². The summed E-state index contributed by atoms with van der Waals surface area (Å²) in [7, 11) is 0. The van der Waals surface area contributed by atoms with Crippen molar-refractivity contribution in [2.24, 2.45) is 5.92 Å². The van der Waals surface area contributed by atoms with Crippen LogP contribution in [0.5, 0.6) is 0 Å². The van der Waals surface area contributed by atoms with Crippen molar-refractivity contribution in [1.29, 1.82) is 0 Å². The summed E-state index contributed by atoms with van der Waals surface area (Å²) in [5, 5.41) is 5.88. The Morgan fingerprint density at radius 1 is 1.03 bits per heavy atom. The zero-order valence-corrected chi connectivity index (χ0v) is 17.1. The van der Waals surface area contributed by atoms with Crippen molar-refractivity contribution < 1.29 is 14.4 Å². The van der Waals surface area contributed by atoms with Gasteiger partial charge < -0.3 is 20.4 Å². The molecule has 0 radical (unpaired) electrons. The van der Waals surface area contributed by atoms with E-state index >= 15 is 0 Å². The summed E-state index contributed by atoms with van der Waals surface area (Å²) in [5.74, 6) is 0.0654. The van der Waals surface area contributed by atoms with Gasteiger partial charge in [0.15, 0.2) is 0 Å². The standard InChI is InChI=1S/C22H32N4O3/c27-20-12-5-2-6-14-25(20)16-8-13-23-21(28)18-9-7-15-26(17-18)22(29)24-19-10-3-1-4-11-19/h1,3-4,10-11,18H,2,5-9,12-17H2,(H,23,28)(H,24,29). The summed E-state index contributed by atoms with van der Waals surface area (Å²) >= 11 is 0. The van der Waals surface area contributed by atoms with Gasteiger partial charge in [0.1, 0.15) is 0 Å².